The van der Waals surface area contributed by atoms with Gasteiger partial charge in [0.25, 0.3) is 0 Å². The highest BCUT2D eigenvalue weighted by Gasteiger charge is 2.17. The van der Waals surface area contributed by atoms with Crippen LogP contribution in [0.2, 0.25) is 0 Å². The average Bonchev–Trinajstić information content (AvgIpc) is 3.26. The van der Waals surface area contributed by atoms with Gasteiger partial charge in [0.15, 0.2) is 5.82 Å². The number of hydrogen-bond acceptors (Lipinski definition) is 7. The second-order valence-corrected chi connectivity index (χ2v) is 6.60. The van der Waals surface area contributed by atoms with Crippen molar-refractivity contribution in [1.29, 1.82) is 0 Å². The highest BCUT2D eigenvalue weighted by atomic mass is 16.5. The van der Waals surface area contributed by atoms with Gasteiger partial charge < -0.3 is 20.3 Å². The summed E-state index contributed by atoms with van der Waals surface area (Å²) >= 11 is 0. The summed E-state index contributed by atoms with van der Waals surface area (Å²) in [6.07, 6.45) is 0. The van der Waals surface area contributed by atoms with E-state index in [1.165, 1.54) is 0 Å². The fourth-order valence-corrected chi connectivity index (χ4v) is 3.23. The number of carbonyl (C=O) groups excluding carboxylic acids is 1. The number of anilines is 3. The molecule has 0 bridgehead atoms. The standard InChI is InChI=1S/C19H18N8O2/c28-19(26-9-11-29-12-10-26)21-14-7-5-13(6-8-14)20-17-18-23-24-25-27(18)16-4-2-1-3-15(16)22-17/h1-8H,9-12H2,(H,20,22)(H,21,28). The molecule has 2 amide bonds. The molecule has 29 heavy (non-hydrogen) atoms. The number of para-hydroxylation sites is 2. The molecule has 2 N–H and O–H groups in total. The highest BCUT2D eigenvalue weighted by Crippen LogP contribution is 2.23. The second kappa shape index (κ2) is 7.32. The van der Waals surface area contributed by atoms with Crippen LogP contribution in [0.1, 0.15) is 0 Å². The number of benzene rings is 2. The van der Waals surface area contributed by atoms with Crippen molar-refractivity contribution in [2.24, 2.45) is 0 Å². The van der Waals surface area contributed by atoms with Gasteiger partial charge in [0, 0.05) is 24.5 Å². The number of carbonyl (C=O) groups is 1. The van der Waals surface area contributed by atoms with E-state index in [2.05, 4.69) is 31.1 Å². The summed E-state index contributed by atoms with van der Waals surface area (Å²) < 4.78 is 6.93. The summed E-state index contributed by atoms with van der Waals surface area (Å²) in [5.41, 5.74) is 3.67. The van der Waals surface area contributed by atoms with Crippen LogP contribution in [0.25, 0.3) is 16.7 Å². The first-order valence-electron chi connectivity index (χ1n) is 9.25. The molecule has 0 unspecified atom stereocenters. The lowest BCUT2D eigenvalue weighted by molar-refractivity contribution is 0.0564. The lowest BCUT2D eigenvalue weighted by Gasteiger charge is -2.26. The number of ether oxygens (including phenoxy) is 1. The number of nitrogens with zero attached hydrogens (tertiary/aromatic N) is 6. The number of hydrogen-bond donors (Lipinski definition) is 2. The summed E-state index contributed by atoms with van der Waals surface area (Å²) in [7, 11) is 0. The molecule has 0 spiro atoms. The Morgan fingerprint density at radius 2 is 1.76 bits per heavy atom. The Bertz CT molecular complexity index is 1170. The first kappa shape index (κ1) is 17.3. The summed E-state index contributed by atoms with van der Waals surface area (Å²) in [5.74, 6) is 0.554. The summed E-state index contributed by atoms with van der Waals surface area (Å²) in [6.45, 7) is 2.34. The number of morpholine rings is 1. The van der Waals surface area contributed by atoms with E-state index in [1.807, 2.05) is 48.5 Å². The molecule has 0 atom stereocenters. The van der Waals surface area contributed by atoms with Gasteiger partial charge in [-0.1, -0.05) is 12.1 Å². The number of rotatable bonds is 3. The maximum Gasteiger partial charge on any atom is 0.321 e. The van der Waals surface area contributed by atoms with Crippen LogP contribution in [-0.4, -0.2) is 62.3 Å². The molecule has 1 aliphatic rings. The van der Waals surface area contributed by atoms with Crippen LogP contribution < -0.4 is 10.6 Å². The molecule has 10 nitrogen and oxygen atoms in total. The van der Waals surface area contributed by atoms with Gasteiger partial charge in [0.2, 0.25) is 5.65 Å². The van der Waals surface area contributed by atoms with E-state index in [9.17, 15) is 4.79 Å². The average molecular weight is 390 g/mol. The number of amides is 2. The van der Waals surface area contributed by atoms with Gasteiger partial charge in [-0.15, -0.1) is 5.10 Å². The van der Waals surface area contributed by atoms with E-state index < -0.39 is 0 Å². The van der Waals surface area contributed by atoms with E-state index in [0.717, 1.165) is 16.7 Å². The van der Waals surface area contributed by atoms with E-state index >= 15 is 0 Å². The van der Waals surface area contributed by atoms with Crippen molar-refractivity contribution in [1.82, 2.24) is 29.9 Å². The number of aromatic nitrogens is 5. The molecule has 2 aromatic carbocycles. The molecule has 5 rings (SSSR count). The van der Waals surface area contributed by atoms with Crippen LogP contribution in [0.3, 0.4) is 0 Å². The third-order valence-electron chi connectivity index (χ3n) is 4.72. The minimum absolute atomic E-state index is 0.124. The van der Waals surface area contributed by atoms with E-state index in [-0.39, 0.29) is 6.03 Å². The SMILES string of the molecule is O=C(Nc1ccc(Nc2nc3ccccc3n3nnnc23)cc1)N1CCOCC1. The first-order chi connectivity index (χ1) is 14.3. The van der Waals surface area contributed by atoms with Crippen LogP contribution in [0.5, 0.6) is 0 Å². The zero-order valence-corrected chi connectivity index (χ0v) is 15.4. The monoisotopic (exact) mass is 390 g/mol. The van der Waals surface area contributed by atoms with Gasteiger partial charge in [-0.2, -0.15) is 4.52 Å². The Kier molecular flexibility index (Phi) is 4.37. The summed E-state index contributed by atoms with van der Waals surface area (Å²) in [5, 5.41) is 18.1. The maximum absolute atomic E-state index is 12.3. The largest absolute Gasteiger partial charge is 0.378 e. The molecule has 0 radical (unpaired) electrons. The Morgan fingerprint density at radius 1 is 1.00 bits per heavy atom. The van der Waals surface area contributed by atoms with Crippen LogP contribution in [0.4, 0.5) is 22.0 Å². The molecule has 10 heteroatoms. The fraction of sp³-hybridized carbons (Fsp3) is 0.211. The number of fused-ring (bicyclic) bond motifs is 3. The summed E-state index contributed by atoms with van der Waals surface area (Å²) in [4.78, 5) is 18.7. The topological polar surface area (TPSA) is 110 Å². The number of nitrogens with one attached hydrogen (secondary N) is 2. The molecule has 1 aliphatic heterocycles. The lowest BCUT2D eigenvalue weighted by Crippen LogP contribution is -2.43. The quantitative estimate of drug-likeness (QED) is 0.552. The Labute approximate surface area is 165 Å². The third-order valence-corrected chi connectivity index (χ3v) is 4.72. The van der Waals surface area contributed by atoms with E-state index in [4.69, 9.17) is 4.74 Å². The van der Waals surface area contributed by atoms with Crippen molar-refractivity contribution < 1.29 is 9.53 Å². The van der Waals surface area contributed by atoms with Crippen molar-refractivity contribution in [3.8, 4) is 0 Å². The zero-order valence-electron chi connectivity index (χ0n) is 15.4. The van der Waals surface area contributed by atoms with Gasteiger partial charge in [-0.05, 0) is 46.8 Å². The predicted molar refractivity (Wildman–Crippen MR) is 107 cm³/mol. The number of urea groups is 1. The fourth-order valence-electron chi connectivity index (χ4n) is 3.23. The molecule has 4 aromatic rings. The highest BCUT2D eigenvalue weighted by molar-refractivity contribution is 5.90. The molecule has 146 valence electrons. The molecule has 1 saturated heterocycles. The van der Waals surface area contributed by atoms with E-state index in [0.29, 0.717) is 43.5 Å². The molecule has 0 saturated carbocycles. The molecular weight excluding hydrogens is 372 g/mol. The zero-order chi connectivity index (χ0) is 19.6. The van der Waals surface area contributed by atoms with Crippen molar-refractivity contribution in [2.45, 2.75) is 0 Å². The van der Waals surface area contributed by atoms with E-state index in [1.54, 1.807) is 9.42 Å². The minimum Gasteiger partial charge on any atom is -0.378 e. The first-order valence-corrected chi connectivity index (χ1v) is 9.25. The second-order valence-electron chi connectivity index (χ2n) is 6.60. The van der Waals surface area contributed by atoms with Gasteiger partial charge in [0.05, 0.1) is 24.2 Å². The van der Waals surface area contributed by atoms with Crippen molar-refractivity contribution in [3.05, 3.63) is 48.5 Å². The molecule has 0 aliphatic carbocycles. The Morgan fingerprint density at radius 3 is 2.59 bits per heavy atom. The third kappa shape index (κ3) is 3.41. The smallest absolute Gasteiger partial charge is 0.321 e. The molecular formula is C19H18N8O2. The molecule has 2 aromatic heterocycles. The van der Waals surface area contributed by atoms with Crippen LogP contribution in [0.15, 0.2) is 48.5 Å². The van der Waals surface area contributed by atoms with Crippen LogP contribution >= 0.6 is 0 Å². The molecule has 1 fully saturated rings. The lowest BCUT2D eigenvalue weighted by atomic mass is 10.2. The van der Waals surface area contributed by atoms with Gasteiger partial charge >= 0.3 is 6.03 Å². The number of tetrazole rings is 1. The predicted octanol–water partition coefficient (Wildman–Crippen LogP) is 2.28. The van der Waals surface area contributed by atoms with Crippen LogP contribution in [0, 0.1) is 0 Å². The normalized spacial score (nSPS) is 14.3. The van der Waals surface area contributed by atoms with Gasteiger partial charge in [0.1, 0.15) is 0 Å². The van der Waals surface area contributed by atoms with Crippen LogP contribution in [-0.2, 0) is 4.74 Å². The maximum atomic E-state index is 12.3. The Balaban J connectivity index is 1.35. The van der Waals surface area contributed by atoms with Crippen molar-refractivity contribution >= 4 is 39.9 Å². The van der Waals surface area contributed by atoms with Crippen molar-refractivity contribution in [3.63, 3.8) is 0 Å². The summed E-state index contributed by atoms with van der Waals surface area (Å²) in [6, 6.07) is 14.9. The minimum atomic E-state index is -0.124. The Hall–Kier alpha value is -3.79. The molecule has 3 heterocycles. The van der Waals surface area contributed by atoms with Gasteiger partial charge in [-0.25, -0.2) is 9.78 Å². The van der Waals surface area contributed by atoms with Crippen molar-refractivity contribution in [2.75, 3.05) is 36.9 Å². The van der Waals surface area contributed by atoms with Gasteiger partial charge in [-0.3, -0.25) is 0 Å².